The minimum Gasteiger partial charge on any atom is -0.384 e. The molecule has 3 N–H and O–H groups in total. The normalized spacial score (nSPS) is 14.5. The maximum atomic E-state index is 11.2. The molecule has 160 valence electrons. The van der Waals surface area contributed by atoms with Crippen LogP contribution >= 0.6 is 0 Å². The number of hydrogen-bond donors (Lipinski definition) is 3. The minimum atomic E-state index is -0.796. The van der Waals surface area contributed by atoms with Crippen molar-refractivity contribution in [3.05, 3.63) is 101 Å². The van der Waals surface area contributed by atoms with Crippen LogP contribution in [0.5, 0.6) is 0 Å². The van der Waals surface area contributed by atoms with Crippen molar-refractivity contribution >= 4 is 40.4 Å². The molecule has 0 saturated carbocycles. The number of hydrogen-bond acceptors (Lipinski definition) is 3. The monoisotopic (exact) mass is 424 g/mol. The number of carbonyl (C=O) groups excluding carboxylic acids is 2. The minimum absolute atomic E-state index is 0.104. The predicted octanol–water partition coefficient (Wildman–Crippen LogP) is 5.27. The lowest BCUT2D eigenvalue weighted by Gasteiger charge is -2.14. The van der Waals surface area contributed by atoms with Crippen LogP contribution in [0.1, 0.15) is 42.2 Å². The van der Waals surface area contributed by atoms with Crippen LogP contribution < -0.4 is 10.6 Å². The standard InChI is InChI=1S/C27H24N2O3/c1-17(30)28-22-11-7-19(8-12-22)15-21-16-26(25-6-4-3-5-24(21)25)27(32)20-9-13-23(14-10-20)29-18(2)31/h3-16,27,32H,1-2H3,(H,28,30)(H,29,31). The zero-order chi connectivity index (χ0) is 22.7. The molecule has 3 aromatic rings. The van der Waals surface area contributed by atoms with Gasteiger partial charge in [0.2, 0.25) is 11.8 Å². The molecule has 0 aliphatic heterocycles. The number of aliphatic hydroxyl groups excluding tert-OH is 1. The second-order valence-electron chi connectivity index (χ2n) is 7.75. The van der Waals surface area contributed by atoms with Gasteiger partial charge in [0.25, 0.3) is 0 Å². The maximum absolute atomic E-state index is 11.2. The lowest BCUT2D eigenvalue weighted by atomic mass is 9.96. The Morgan fingerprint density at radius 3 is 1.88 bits per heavy atom. The first-order chi connectivity index (χ1) is 15.4. The van der Waals surface area contributed by atoms with Gasteiger partial charge in [-0.3, -0.25) is 9.59 Å². The number of allylic oxidation sites excluding steroid dienone is 2. The van der Waals surface area contributed by atoms with E-state index in [1.165, 1.54) is 13.8 Å². The quantitative estimate of drug-likeness (QED) is 0.522. The van der Waals surface area contributed by atoms with Gasteiger partial charge in [-0.1, -0.05) is 48.5 Å². The van der Waals surface area contributed by atoms with E-state index in [-0.39, 0.29) is 11.8 Å². The Kier molecular flexibility index (Phi) is 6.01. The fraction of sp³-hybridized carbons (Fsp3) is 0.111. The third-order valence-electron chi connectivity index (χ3n) is 5.25. The Morgan fingerprint density at radius 1 is 0.781 bits per heavy atom. The number of carbonyl (C=O) groups is 2. The van der Waals surface area contributed by atoms with Gasteiger partial charge in [0.15, 0.2) is 0 Å². The van der Waals surface area contributed by atoms with Crippen molar-refractivity contribution < 1.29 is 14.7 Å². The SMILES string of the molecule is CC(=O)Nc1ccc(C=C2C=C(C(O)c3ccc(NC(C)=O)cc3)c3ccccc32)cc1. The van der Waals surface area contributed by atoms with Crippen LogP contribution in [0.15, 0.2) is 78.9 Å². The number of anilines is 2. The number of fused-ring (bicyclic) bond motifs is 1. The van der Waals surface area contributed by atoms with Gasteiger partial charge in [-0.2, -0.15) is 0 Å². The lowest BCUT2D eigenvalue weighted by Crippen LogP contribution is -2.06. The molecule has 0 saturated heterocycles. The topological polar surface area (TPSA) is 78.4 Å². The Bertz CT molecular complexity index is 1220. The predicted molar refractivity (Wildman–Crippen MR) is 129 cm³/mol. The van der Waals surface area contributed by atoms with Crippen molar-refractivity contribution in [2.45, 2.75) is 20.0 Å². The van der Waals surface area contributed by atoms with Crippen LogP contribution in [0, 0.1) is 0 Å². The molecule has 32 heavy (non-hydrogen) atoms. The zero-order valence-corrected chi connectivity index (χ0v) is 17.9. The number of benzene rings is 3. The van der Waals surface area contributed by atoms with Crippen molar-refractivity contribution in [3.8, 4) is 0 Å². The summed E-state index contributed by atoms with van der Waals surface area (Å²) in [6.45, 7) is 2.95. The summed E-state index contributed by atoms with van der Waals surface area (Å²) in [4.78, 5) is 22.5. The number of nitrogens with one attached hydrogen (secondary N) is 2. The summed E-state index contributed by atoms with van der Waals surface area (Å²) in [5, 5.41) is 16.6. The highest BCUT2D eigenvalue weighted by molar-refractivity contribution is 6.02. The van der Waals surface area contributed by atoms with Crippen LogP contribution in [0.4, 0.5) is 11.4 Å². The van der Waals surface area contributed by atoms with E-state index in [1.807, 2.05) is 66.7 Å². The van der Waals surface area contributed by atoms with Crippen LogP contribution in [0.25, 0.3) is 17.2 Å². The summed E-state index contributed by atoms with van der Waals surface area (Å²) in [7, 11) is 0. The van der Waals surface area contributed by atoms with E-state index in [4.69, 9.17) is 0 Å². The van der Waals surface area contributed by atoms with E-state index >= 15 is 0 Å². The molecular weight excluding hydrogens is 400 g/mol. The third-order valence-corrected chi connectivity index (χ3v) is 5.25. The van der Waals surface area contributed by atoms with E-state index in [2.05, 4.69) is 16.7 Å². The molecule has 0 fully saturated rings. The van der Waals surface area contributed by atoms with Crippen LogP contribution in [-0.4, -0.2) is 16.9 Å². The molecule has 0 heterocycles. The van der Waals surface area contributed by atoms with Crippen molar-refractivity contribution in [2.24, 2.45) is 0 Å². The Balaban J connectivity index is 1.64. The fourth-order valence-corrected chi connectivity index (χ4v) is 3.83. The molecule has 3 aromatic carbocycles. The summed E-state index contributed by atoms with van der Waals surface area (Å²) in [6.07, 6.45) is 3.28. The van der Waals surface area contributed by atoms with E-state index in [1.54, 1.807) is 12.1 Å². The second kappa shape index (κ2) is 9.04. The summed E-state index contributed by atoms with van der Waals surface area (Å²) < 4.78 is 0. The van der Waals surface area contributed by atoms with Crippen molar-refractivity contribution in [2.75, 3.05) is 10.6 Å². The molecule has 1 unspecified atom stereocenters. The molecule has 0 bridgehead atoms. The maximum Gasteiger partial charge on any atom is 0.221 e. The molecule has 1 aliphatic carbocycles. The second-order valence-corrected chi connectivity index (χ2v) is 7.75. The largest absolute Gasteiger partial charge is 0.384 e. The van der Waals surface area contributed by atoms with E-state index in [0.717, 1.165) is 39.1 Å². The van der Waals surface area contributed by atoms with Gasteiger partial charge in [-0.25, -0.2) is 0 Å². The third kappa shape index (κ3) is 4.68. The lowest BCUT2D eigenvalue weighted by molar-refractivity contribution is -0.115. The molecule has 0 aromatic heterocycles. The molecule has 0 spiro atoms. The molecule has 4 rings (SSSR count). The average Bonchev–Trinajstić information content (AvgIpc) is 3.13. The van der Waals surface area contributed by atoms with Crippen LogP contribution in [-0.2, 0) is 9.59 Å². The van der Waals surface area contributed by atoms with E-state index in [9.17, 15) is 14.7 Å². The van der Waals surface area contributed by atoms with Crippen LogP contribution in [0.3, 0.4) is 0 Å². The zero-order valence-electron chi connectivity index (χ0n) is 17.9. The summed E-state index contributed by atoms with van der Waals surface area (Å²) >= 11 is 0. The fourth-order valence-electron chi connectivity index (χ4n) is 3.83. The molecule has 1 aliphatic rings. The van der Waals surface area contributed by atoms with Gasteiger partial charge < -0.3 is 15.7 Å². The van der Waals surface area contributed by atoms with Gasteiger partial charge in [0.05, 0.1) is 0 Å². The first-order valence-electron chi connectivity index (χ1n) is 10.4. The van der Waals surface area contributed by atoms with Gasteiger partial charge in [-0.15, -0.1) is 0 Å². The first kappa shape index (κ1) is 21.3. The first-order valence-corrected chi connectivity index (χ1v) is 10.4. The summed E-state index contributed by atoms with van der Waals surface area (Å²) in [5.74, 6) is -0.238. The van der Waals surface area contributed by atoms with Gasteiger partial charge in [0, 0.05) is 25.2 Å². The highest BCUT2D eigenvalue weighted by Gasteiger charge is 2.24. The number of rotatable bonds is 5. The summed E-state index contributed by atoms with van der Waals surface area (Å²) in [5.41, 5.74) is 7.08. The molecule has 2 amide bonds. The Morgan fingerprint density at radius 2 is 1.31 bits per heavy atom. The highest BCUT2D eigenvalue weighted by atomic mass is 16.3. The molecule has 5 heteroatoms. The summed E-state index contributed by atoms with van der Waals surface area (Å²) in [6, 6.07) is 22.8. The molecule has 5 nitrogen and oxygen atoms in total. The van der Waals surface area contributed by atoms with Crippen molar-refractivity contribution in [3.63, 3.8) is 0 Å². The molecule has 1 atom stereocenters. The number of amides is 2. The van der Waals surface area contributed by atoms with Crippen molar-refractivity contribution in [1.29, 1.82) is 0 Å². The Labute approximate surface area is 187 Å². The molecular formula is C27H24N2O3. The average molecular weight is 425 g/mol. The van der Waals surface area contributed by atoms with Crippen LogP contribution in [0.2, 0.25) is 0 Å². The van der Waals surface area contributed by atoms with Crippen molar-refractivity contribution in [1.82, 2.24) is 0 Å². The highest BCUT2D eigenvalue weighted by Crippen LogP contribution is 2.42. The molecule has 0 radical (unpaired) electrons. The van der Waals surface area contributed by atoms with E-state index in [0.29, 0.717) is 5.69 Å². The Hall–Kier alpha value is -3.96. The number of aliphatic hydroxyl groups is 1. The van der Waals surface area contributed by atoms with E-state index < -0.39 is 6.10 Å². The smallest absolute Gasteiger partial charge is 0.221 e. The van der Waals surface area contributed by atoms with Gasteiger partial charge in [0.1, 0.15) is 6.10 Å². The van der Waals surface area contributed by atoms with Gasteiger partial charge in [-0.05, 0) is 69.8 Å². The van der Waals surface area contributed by atoms with Gasteiger partial charge >= 0.3 is 0 Å².